The van der Waals surface area contributed by atoms with Crippen LogP contribution in [0, 0.1) is 0 Å². The third-order valence-corrected chi connectivity index (χ3v) is 4.24. The van der Waals surface area contributed by atoms with Crippen molar-refractivity contribution in [1.82, 2.24) is 14.7 Å². The van der Waals surface area contributed by atoms with E-state index in [9.17, 15) is 13.6 Å². The highest BCUT2D eigenvalue weighted by Gasteiger charge is 2.35. The van der Waals surface area contributed by atoms with Crippen LogP contribution in [0.1, 0.15) is 41.0 Å². The molecule has 5 nitrogen and oxygen atoms in total. The number of alkyl halides is 2. The van der Waals surface area contributed by atoms with Crippen molar-refractivity contribution in [2.24, 2.45) is 7.05 Å². The van der Waals surface area contributed by atoms with Crippen molar-refractivity contribution < 1.29 is 18.3 Å². The van der Waals surface area contributed by atoms with E-state index in [4.69, 9.17) is 4.74 Å². The lowest BCUT2D eigenvalue weighted by molar-refractivity contribution is -0.0449. The van der Waals surface area contributed by atoms with Crippen LogP contribution in [-0.4, -0.2) is 39.8 Å². The number of carbonyl (C=O) groups is 1. The van der Waals surface area contributed by atoms with Crippen molar-refractivity contribution in [3.63, 3.8) is 0 Å². The zero-order valence-electron chi connectivity index (χ0n) is 13.5. The fourth-order valence-electron chi connectivity index (χ4n) is 3.00. The molecular weight excluding hydrogens is 316 g/mol. The second-order valence-electron chi connectivity index (χ2n) is 5.90. The summed E-state index contributed by atoms with van der Waals surface area (Å²) < 4.78 is 33.3. The molecule has 0 saturated carbocycles. The first kappa shape index (κ1) is 16.6. The second-order valence-corrected chi connectivity index (χ2v) is 5.90. The molecule has 2 atom stereocenters. The van der Waals surface area contributed by atoms with Gasteiger partial charge in [-0.1, -0.05) is 30.3 Å². The zero-order chi connectivity index (χ0) is 17.3. The summed E-state index contributed by atoms with van der Waals surface area (Å²) >= 11 is 0. The van der Waals surface area contributed by atoms with E-state index in [1.807, 2.05) is 37.3 Å². The van der Waals surface area contributed by atoms with Gasteiger partial charge in [0.05, 0.1) is 30.5 Å². The van der Waals surface area contributed by atoms with Crippen LogP contribution in [0.4, 0.5) is 8.78 Å². The van der Waals surface area contributed by atoms with Crippen LogP contribution in [0.25, 0.3) is 0 Å². The van der Waals surface area contributed by atoms with Crippen molar-refractivity contribution >= 4 is 5.91 Å². The molecule has 1 aliphatic heterocycles. The van der Waals surface area contributed by atoms with Gasteiger partial charge in [0.15, 0.2) is 0 Å². The molecule has 1 amide bonds. The Balaban J connectivity index is 1.96. The number of hydrogen-bond donors (Lipinski definition) is 0. The number of ether oxygens (including phenoxy) is 1. The van der Waals surface area contributed by atoms with E-state index in [1.54, 1.807) is 4.90 Å². The van der Waals surface area contributed by atoms with Crippen LogP contribution >= 0.6 is 0 Å². The predicted octanol–water partition coefficient (Wildman–Crippen LogP) is 2.96. The Labute approximate surface area is 138 Å². The fourth-order valence-corrected chi connectivity index (χ4v) is 3.00. The third kappa shape index (κ3) is 3.03. The lowest BCUT2D eigenvalue weighted by Crippen LogP contribution is -2.47. The van der Waals surface area contributed by atoms with E-state index in [-0.39, 0.29) is 23.4 Å². The average molecular weight is 335 g/mol. The number of amides is 1. The second kappa shape index (κ2) is 6.68. The summed E-state index contributed by atoms with van der Waals surface area (Å²) in [4.78, 5) is 14.6. The maximum absolute atomic E-state index is 13.3. The topological polar surface area (TPSA) is 47.4 Å². The molecule has 0 spiro atoms. The molecular formula is C17H19F2N3O2. The first-order chi connectivity index (χ1) is 11.5. The molecule has 1 aromatic heterocycles. The Morgan fingerprint density at radius 2 is 2.04 bits per heavy atom. The number of aromatic nitrogens is 2. The van der Waals surface area contributed by atoms with Gasteiger partial charge in [-0.25, -0.2) is 8.78 Å². The molecule has 7 heteroatoms. The minimum absolute atomic E-state index is 0.0532. The van der Waals surface area contributed by atoms with Crippen molar-refractivity contribution in [2.45, 2.75) is 25.5 Å². The van der Waals surface area contributed by atoms with Crippen LogP contribution in [0.3, 0.4) is 0 Å². The van der Waals surface area contributed by atoms with Crippen LogP contribution in [0.5, 0.6) is 0 Å². The van der Waals surface area contributed by atoms with E-state index in [0.717, 1.165) is 10.2 Å². The first-order valence-corrected chi connectivity index (χ1v) is 7.76. The number of aryl methyl sites for hydroxylation is 1. The van der Waals surface area contributed by atoms with Crippen LogP contribution in [0.2, 0.25) is 0 Å². The number of rotatable bonds is 3. The van der Waals surface area contributed by atoms with E-state index >= 15 is 0 Å². The summed E-state index contributed by atoms with van der Waals surface area (Å²) in [5.41, 5.74) is 0.508. The molecule has 0 bridgehead atoms. The van der Waals surface area contributed by atoms with Crippen molar-refractivity contribution in [1.29, 1.82) is 0 Å². The maximum Gasteiger partial charge on any atom is 0.280 e. The molecule has 1 saturated heterocycles. The Morgan fingerprint density at radius 3 is 2.71 bits per heavy atom. The van der Waals surface area contributed by atoms with Gasteiger partial charge in [-0.05, 0) is 12.5 Å². The average Bonchev–Trinajstić information content (AvgIpc) is 2.96. The van der Waals surface area contributed by atoms with Gasteiger partial charge in [-0.3, -0.25) is 9.48 Å². The van der Waals surface area contributed by atoms with Crippen LogP contribution in [-0.2, 0) is 11.8 Å². The molecule has 2 heterocycles. The van der Waals surface area contributed by atoms with Gasteiger partial charge >= 0.3 is 0 Å². The molecule has 1 aliphatic rings. The highest BCUT2D eigenvalue weighted by atomic mass is 19.3. The Bertz CT molecular complexity index is 718. The lowest BCUT2D eigenvalue weighted by Gasteiger charge is -2.39. The number of benzene rings is 1. The Morgan fingerprint density at radius 1 is 1.33 bits per heavy atom. The lowest BCUT2D eigenvalue weighted by atomic mass is 10.0. The largest absolute Gasteiger partial charge is 0.374 e. The molecule has 1 fully saturated rings. The highest BCUT2D eigenvalue weighted by Crippen LogP contribution is 2.30. The molecule has 0 radical (unpaired) electrons. The highest BCUT2D eigenvalue weighted by molar-refractivity contribution is 5.95. The smallest absolute Gasteiger partial charge is 0.280 e. The molecule has 3 rings (SSSR count). The third-order valence-electron chi connectivity index (χ3n) is 4.24. The van der Waals surface area contributed by atoms with E-state index in [0.29, 0.717) is 13.2 Å². The Kier molecular flexibility index (Phi) is 4.62. The fraction of sp³-hybridized carbons (Fsp3) is 0.412. The number of morpholine rings is 1. The van der Waals surface area contributed by atoms with Crippen molar-refractivity contribution in [2.75, 3.05) is 13.2 Å². The SMILES string of the molecule is C[C@H]1CN(C(=O)c2cnn(C)c2C(F)F)[C@@H](c2ccccc2)CO1. The molecule has 2 aromatic rings. The number of hydrogen-bond acceptors (Lipinski definition) is 3. The zero-order valence-corrected chi connectivity index (χ0v) is 13.5. The first-order valence-electron chi connectivity index (χ1n) is 7.76. The van der Waals surface area contributed by atoms with Gasteiger partial charge in [0.2, 0.25) is 0 Å². The number of nitrogens with zero attached hydrogens (tertiary/aromatic N) is 3. The van der Waals surface area contributed by atoms with E-state index < -0.39 is 12.3 Å². The molecule has 1 aromatic carbocycles. The standard InChI is InChI=1S/C17H19F2N3O2/c1-11-9-22(14(10-24-11)12-6-4-3-5-7-12)17(23)13-8-20-21(2)15(13)16(18)19/h3-8,11,14,16H,9-10H2,1-2H3/t11-,14+/m0/s1. The van der Waals surface area contributed by atoms with E-state index in [2.05, 4.69) is 5.10 Å². The van der Waals surface area contributed by atoms with Gasteiger partial charge in [-0.2, -0.15) is 5.10 Å². The van der Waals surface area contributed by atoms with Crippen LogP contribution in [0.15, 0.2) is 36.5 Å². The summed E-state index contributed by atoms with van der Waals surface area (Å²) in [7, 11) is 1.41. The van der Waals surface area contributed by atoms with Gasteiger partial charge in [0.1, 0.15) is 5.69 Å². The normalized spacial score (nSPS) is 21.3. The molecule has 0 N–H and O–H groups in total. The van der Waals surface area contributed by atoms with Gasteiger partial charge in [0, 0.05) is 13.6 Å². The number of halogens is 2. The summed E-state index contributed by atoms with van der Waals surface area (Å²) in [6.45, 7) is 2.54. The molecule has 24 heavy (non-hydrogen) atoms. The number of carbonyl (C=O) groups excluding carboxylic acids is 1. The summed E-state index contributed by atoms with van der Waals surface area (Å²) in [6.07, 6.45) is -1.70. The quantitative estimate of drug-likeness (QED) is 0.866. The molecule has 0 unspecified atom stereocenters. The maximum atomic E-state index is 13.3. The molecule has 128 valence electrons. The minimum Gasteiger partial charge on any atom is -0.374 e. The van der Waals surface area contributed by atoms with Crippen LogP contribution < -0.4 is 0 Å². The minimum atomic E-state index is -2.76. The van der Waals surface area contributed by atoms with Crippen molar-refractivity contribution in [3.8, 4) is 0 Å². The van der Waals surface area contributed by atoms with Gasteiger partial charge in [0.25, 0.3) is 12.3 Å². The summed E-state index contributed by atoms with van der Waals surface area (Å²) in [5.74, 6) is -0.442. The van der Waals surface area contributed by atoms with Crippen molar-refractivity contribution in [3.05, 3.63) is 53.3 Å². The van der Waals surface area contributed by atoms with E-state index in [1.165, 1.54) is 13.2 Å². The monoisotopic (exact) mass is 335 g/mol. The Hall–Kier alpha value is -2.28. The summed E-state index contributed by atoms with van der Waals surface area (Å²) in [6, 6.07) is 9.15. The predicted molar refractivity (Wildman–Crippen MR) is 83.8 cm³/mol. The molecule has 0 aliphatic carbocycles. The van der Waals surface area contributed by atoms with Gasteiger partial charge in [-0.15, -0.1) is 0 Å². The summed E-state index contributed by atoms with van der Waals surface area (Å²) in [5, 5.41) is 3.83. The van der Waals surface area contributed by atoms with Gasteiger partial charge < -0.3 is 9.64 Å².